The van der Waals surface area contributed by atoms with E-state index >= 15 is 0 Å². The summed E-state index contributed by atoms with van der Waals surface area (Å²) in [6.07, 6.45) is 3.89. The maximum absolute atomic E-state index is 4.26. The van der Waals surface area contributed by atoms with Crippen molar-refractivity contribution < 1.29 is 0 Å². The van der Waals surface area contributed by atoms with Crippen molar-refractivity contribution >= 4 is 21.6 Å². The standard InChI is InChI=1S/C11H9N3S/c1-14-6-9(5-13-14)8-2-3-10-11(4-8)15-7-12-10/h2-7H,1H3. The Morgan fingerprint density at radius 1 is 1.27 bits per heavy atom. The third-order valence-corrected chi connectivity index (χ3v) is 3.16. The summed E-state index contributed by atoms with van der Waals surface area (Å²) in [6, 6.07) is 6.29. The van der Waals surface area contributed by atoms with E-state index in [1.54, 1.807) is 11.3 Å². The number of fused-ring (bicyclic) bond motifs is 1. The molecule has 4 heteroatoms. The molecule has 0 saturated heterocycles. The van der Waals surface area contributed by atoms with Crippen LogP contribution < -0.4 is 0 Å². The first-order valence-electron chi connectivity index (χ1n) is 4.65. The normalized spacial score (nSPS) is 11.0. The highest BCUT2D eigenvalue weighted by Gasteiger charge is 2.02. The first kappa shape index (κ1) is 8.61. The molecular formula is C11H9N3S. The van der Waals surface area contributed by atoms with Gasteiger partial charge in [0.2, 0.25) is 0 Å². The summed E-state index contributed by atoms with van der Waals surface area (Å²) in [5, 5.41) is 4.17. The molecule has 0 aliphatic carbocycles. The maximum atomic E-state index is 4.26. The number of hydrogen-bond donors (Lipinski definition) is 0. The Hall–Kier alpha value is -1.68. The van der Waals surface area contributed by atoms with E-state index in [4.69, 9.17) is 0 Å². The first-order valence-corrected chi connectivity index (χ1v) is 5.53. The maximum Gasteiger partial charge on any atom is 0.0812 e. The topological polar surface area (TPSA) is 30.7 Å². The van der Waals surface area contributed by atoms with Gasteiger partial charge in [0.25, 0.3) is 0 Å². The zero-order chi connectivity index (χ0) is 10.3. The van der Waals surface area contributed by atoms with Gasteiger partial charge < -0.3 is 0 Å². The predicted octanol–water partition coefficient (Wildman–Crippen LogP) is 2.70. The monoisotopic (exact) mass is 215 g/mol. The minimum atomic E-state index is 1.06. The van der Waals surface area contributed by atoms with Crippen molar-refractivity contribution in [1.29, 1.82) is 0 Å². The van der Waals surface area contributed by atoms with Gasteiger partial charge in [-0.1, -0.05) is 6.07 Å². The lowest BCUT2D eigenvalue weighted by Gasteiger charge is -1.95. The van der Waals surface area contributed by atoms with Crippen LogP contribution in [0.2, 0.25) is 0 Å². The molecule has 0 aliphatic heterocycles. The number of rotatable bonds is 1. The summed E-state index contributed by atoms with van der Waals surface area (Å²) in [4.78, 5) is 4.26. The minimum Gasteiger partial charge on any atom is -0.275 e. The summed E-state index contributed by atoms with van der Waals surface area (Å²) in [7, 11) is 1.93. The van der Waals surface area contributed by atoms with E-state index in [0.29, 0.717) is 0 Å². The second kappa shape index (κ2) is 3.17. The van der Waals surface area contributed by atoms with Gasteiger partial charge in [-0.15, -0.1) is 11.3 Å². The van der Waals surface area contributed by atoms with Crippen molar-refractivity contribution in [2.24, 2.45) is 7.05 Å². The van der Waals surface area contributed by atoms with Crippen molar-refractivity contribution in [3.63, 3.8) is 0 Å². The molecule has 15 heavy (non-hydrogen) atoms. The van der Waals surface area contributed by atoms with Gasteiger partial charge in [-0.25, -0.2) is 4.98 Å². The van der Waals surface area contributed by atoms with E-state index < -0.39 is 0 Å². The van der Waals surface area contributed by atoms with E-state index in [-0.39, 0.29) is 0 Å². The SMILES string of the molecule is Cn1cc(-c2ccc3ncsc3c2)cn1. The molecular weight excluding hydrogens is 206 g/mol. The van der Waals surface area contributed by atoms with E-state index in [0.717, 1.165) is 11.1 Å². The summed E-state index contributed by atoms with van der Waals surface area (Å²) in [5.41, 5.74) is 5.28. The largest absolute Gasteiger partial charge is 0.275 e. The van der Waals surface area contributed by atoms with Crippen LogP contribution in [0, 0.1) is 0 Å². The van der Waals surface area contributed by atoms with E-state index in [1.165, 1.54) is 10.3 Å². The molecule has 2 aromatic heterocycles. The van der Waals surface area contributed by atoms with E-state index in [2.05, 4.69) is 22.2 Å². The van der Waals surface area contributed by atoms with Crippen LogP contribution in [0.3, 0.4) is 0 Å². The summed E-state index contributed by atoms with van der Waals surface area (Å²) >= 11 is 1.66. The van der Waals surface area contributed by atoms with Crippen LogP contribution in [-0.2, 0) is 7.05 Å². The quantitative estimate of drug-likeness (QED) is 0.625. The Morgan fingerprint density at radius 2 is 2.20 bits per heavy atom. The van der Waals surface area contributed by atoms with Crippen molar-refractivity contribution in [2.45, 2.75) is 0 Å². The van der Waals surface area contributed by atoms with Gasteiger partial charge in [-0.2, -0.15) is 5.10 Å². The van der Waals surface area contributed by atoms with Gasteiger partial charge in [-0.05, 0) is 17.7 Å². The fourth-order valence-electron chi connectivity index (χ4n) is 1.60. The lowest BCUT2D eigenvalue weighted by molar-refractivity contribution is 0.768. The molecule has 0 radical (unpaired) electrons. The number of nitrogens with zero attached hydrogens (tertiary/aromatic N) is 3. The number of benzene rings is 1. The fraction of sp³-hybridized carbons (Fsp3) is 0.0909. The number of aromatic nitrogens is 3. The highest BCUT2D eigenvalue weighted by Crippen LogP contribution is 2.25. The van der Waals surface area contributed by atoms with Crippen molar-refractivity contribution in [2.75, 3.05) is 0 Å². The van der Waals surface area contributed by atoms with Gasteiger partial charge in [-0.3, -0.25) is 4.68 Å². The Bertz CT molecular complexity index is 609. The van der Waals surface area contributed by atoms with Gasteiger partial charge >= 0.3 is 0 Å². The third-order valence-electron chi connectivity index (χ3n) is 2.37. The zero-order valence-electron chi connectivity index (χ0n) is 8.21. The molecule has 2 heterocycles. The molecule has 0 N–H and O–H groups in total. The van der Waals surface area contributed by atoms with Crippen molar-refractivity contribution in [1.82, 2.24) is 14.8 Å². The average molecular weight is 215 g/mol. The molecule has 0 atom stereocenters. The van der Waals surface area contributed by atoms with Crippen LogP contribution >= 0.6 is 11.3 Å². The van der Waals surface area contributed by atoms with Gasteiger partial charge in [0, 0.05) is 18.8 Å². The second-order valence-electron chi connectivity index (χ2n) is 3.44. The lowest BCUT2D eigenvalue weighted by atomic mass is 10.1. The third kappa shape index (κ3) is 1.43. The predicted molar refractivity (Wildman–Crippen MR) is 61.8 cm³/mol. The van der Waals surface area contributed by atoms with Crippen LogP contribution in [0.15, 0.2) is 36.1 Å². The molecule has 74 valence electrons. The van der Waals surface area contributed by atoms with Crippen LogP contribution in [0.25, 0.3) is 21.3 Å². The minimum absolute atomic E-state index is 1.06. The summed E-state index contributed by atoms with van der Waals surface area (Å²) < 4.78 is 3.03. The van der Waals surface area contributed by atoms with Gasteiger partial charge in [0.05, 0.1) is 21.9 Å². The summed E-state index contributed by atoms with van der Waals surface area (Å²) in [5.74, 6) is 0. The van der Waals surface area contributed by atoms with E-state index in [9.17, 15) is 0 Å². The van der Waals surface area contributed by atoms with Crippen LogP contribution in [0.1, 0.15) is 0 Å². The Labute approximate surface area is 91.0 Å². The number of thiazole rings is 1. The number of hydrogen-bond acceptors (Lipinski definition) is 3. The molecule has 0 fully saturated rings. The smallest absolute Gasteiger partial charge is 0.0812 e. The molecule has 3 nitrogen and oxygen atoms in total. The molecule has 3 aromatic rings. The van der Waals surface area contributed by atoms with Crippen LogP contribution in [0.4, 0.5) is 0 Å². The Morgan fingerprint density at radius 3 is 3.00 bits per heavy atom. The first-order chi connectivity index (χ1) is 7.33. The van der Waals surface area contributed by atoms with Crippen molar-refractivity contribution in [3.8, 4) is 11.1 Å². The molecule has 0 bridgehead atoms. The van der Waals surface area contributed by atoms with E-state index in [1.807, 2.05) is 35.7 Å². The molecule has 1 aromatic carbocycles. The molecule has 0 amide bonds. The van der Waals surface area contributed by atoms with Crippen molar-refractivity contribution in [3.05, 3.63) is 36.1 Å². The van der Waals surface area contributed by atoms with Crippen LogP contribution in [0.5, 0.6) is 0 Å². The highest BCUT2D eigenvalue weighted by molar-refractivity contribution is 7.16. The van der Waals surface area contributed by atoms with Gasteiger partial charge in [0.15, 0.2) is 0 Å². The molecule has 0 spiro atoms. The highest BCUT2D eigenvalue weighted by atomic mass is 32.1. The molecule has 0 aliphatic rings. The summed E-state index contributed by atoms with van der Waals surface area (Å²) in [6.45, 7) is 0. The molecule has 3 rings (SSSR count). The average Bonchev–Trinajstić information content (AvgIpc) is 2.84. The van der Waals surface area contributed by atoms with Crippen LogP contribution in [-0.4, -0.2) is 14.8 Å². The lowest BCUT2D eigenvalue weighted by Crippen LogP contribution is -1.84. The number of aryl methyl sites for hydroxylation is 1. The Kier molecular flexibility index (Phi) is 1.82. The Balaban J connectivity index is 2.18. The fourth-order valence-corrected chi connectivity index (χ4v) is 2.32. The molecule has 0 unspecified atom stereocenters. The molecule has 0 saturated carbocycles. The van der Waals surface area contributed by atoms with Gasteiger partial charge in [0.1, 0.15) is 0 Å². The zero-order valence-corrected chi connectivity index (χ0v) is 9.03. The second-order valence-corrected chi connectivity index (χ2v) is 4.32.